The predicted octanol–water partition coefficient (Wildman–Crippen LogP) is 2.40. The summed E-state index contributed by atoms with van der Waals surface area (Å²) in [6, 6.07) is 5.65. The van der Waals surface area contributed by atoms with E-state index in [1.165, 1.54) is 0 Å². The van der Waals surface area contributed by atoms with Gasteiger partial charge in [0.15, 0.2) is 5.69 Å². The Morgan fingerprint density at radius 1 is 1.38 bits per heavy atom. The van der Waals surface area contributed by atoms with Crippen LogP contribution in [0, 0.1) is 5.92 Å². The molecular formula is C18H24N4O2. The molecule has 2 aromatic rings. The Kier molecular flexibility index (Phi) is 4.55. The van der Waals surface area contributed by atoms with E-state index in [2.05, 4.69) is 24.1 Å². The fourth-order valence-electron chi connectivity index (χ4n) is 3.26. The van der Waals surface area contributed by atoms with Gasteiger partial charge in [0.05, 0.1) is 11.6 Å². The maximum absolute atomic E-state index is 12.5. The normalized spacial score (nSPS) is 17.7. The number of nitrogens with one attached hydrogen (secondary N) is 1. The molecule has 24 heavy (non-hydrogen) atoms. The second-order valence-corrected chi connectivity index (χ2v) is 6.75. The zero-order valence-corrected chi connectivity index (χ0v) is 14.5. The molecule has 1 aliphatic rings. The summed E-state index contributed by atoms with van der Waals surface area (Å²) in [6.45, 7) is 7.06. The monoisotopic (exact) mass is 328 g/mol. The van der Waals surface area contributed by atoms with Crippen molar-refractivity contribution in [3.8, 4) is 0 Å². The highest BCUT2D eigenvalue weighted by atomic mass is 16.2. The molecule has 3 heterocycles. The number of hydrogen-bond acceptors (Lipinski definition) is 3. The quantitative estimate of drug-likeness (QED) is 0.937. The summed E-state index contributed by atoms with van der Waals surface area (Å²) in [5, 5.41) is 2.93. The molecule has 2 aromatic heterocycles. The van der Waals surface area contributed by atoms with Gasteiger partial charge >= 0.3 is 0 Å². The first-order valence-electron chi connectivity index (χ1n) is 8.51. The van der Waals surface area contributed by atoms with Gasteiger partial charge in [-0.15, -0.1) is 0 Å². The number of nitrogens with zero attached hydrogens (tertiary/aromatic N) is 3. The molecule has 0 bridgehead atoms. The standard InChI is InChI=1S/C18H24N4O2/c1-12(2)11-19-18(24)16-14-7-4-5-9-22(14)17(20-16)15-8-6-10-21(15)13(3)23/h4-5,7,9,12,15H,6,8,10-11H2,1-3H3,(H,19,24). The van der Waals surface area contributed by atoms with Crippen molar-refractivity contribution in [3.63, 3.8) is 0 Å². The second-order valence-electron chi connectivity index (χ2n) is 6.75. The van der Waals surface area contributed by atoms with Crippen LogP contribution in [0.4, 0.5) is 0 Å². The lowest BCUT2D eigenvalue weighted by Crippen LogP contribution is -2.29. The number of carbonyl (C=O) groups excluding carboxylic acids is 2. The van der Waals surface area contributed by atoms with Crippen LogP contribution in [0.3, 0.4) is 0 Å². The molecule has 6 heteroatoms. The zero-order chi connectivity index (χ0) is 17.3. The number of likely N-dealkylation sites (tertiary alicyclic amines) is 1. The van der Waals surface area contributed by atoms with Crippen LogP contribution in [0.25, 0.3) is 5.52 Å². The van der Waals surface area contributed by atoms with Gasteiger partial charge in [0.1, 0.15) is 5.82 Å². The molecule has 6 nitrogen and oxygen atoms in total. The summed E-state index contributed by atoms with van der Waals surface area (Å²) in [7, 11) is 0. The van der Waals surface area contributed by atoms with Crippen LogP contribution in [-0.2, 0) is 4.79 Å². The number of rotatable bonds is 4. The molecule has 0 radical (unpaired) electrons. The van der Waals surface area contributed by atoms with Crippen LogP contribution >= 0.6 is 0 Å². The third-order valence-corrected chi connectivity index (χ3v) is 4.42. The van der Waals surface area contributed by atoms with Gasteiger partial charge in [-0.2, -0.15) is 0 Å². The first kappa shape index (κ1) is 16.5. The van der Waals surface area contributed by atoms with E-state index < -0.39 is 0 Å². The highest BCUT2D eigenvalue weighted by Crippen LogP contribution is 2.32. The number of hydrogen-bond donors (Lipinski definition) is 1. The topological polar surface area (TPSA) is 66.7 Å². The first-order valence-corrected chi connectivity index (χ1v) is 8.51. The van der Waals surface area contributed by atoms with E-state index in [4.69, 9.17) is 0 Å². The molecule has 0 aliphatic carbocycles. The summed E-state index contributed by atoms with van der Waals surface area (Å²) in [6.07, 6.45) is 3.75. The van der Waals surface area contributed by atoms with E-state index in [1.807, 2.05) is 33.7 Å². The third kappa shape index (κ3) is 3.00. The molecule has 0 spiro atoms. The lowest BCUT2D eigenvalue weighted by atomic mass is 10.2. The van der Waals surface area contributed by atoms with E-state index in [9.17, 15) is 9.59 Å². The van der Waals surface area contributed by atoms with Crippen molar-refractivity contribution in [2.75, 3.05) is 13.1 Å². The Labute approximate surface area is 141 Å². The van der Waals surface area contributed by atoms with Gasteiger partial charge in [0, 0.05) is 26.2 Å². The van der Waals surface area contributed by atoms with Crippen molar-refractivity contribution < 1.29 is 9.59 Å². The van der Waals surface area contributed by atoms with Crippen LogP contribution < -0.4 is 5.32 Å². The summed E-state index contributed by atoms with van der Waals surface area (Å²) < 4.78 is 1.94. The molecule has 1 unspecified atom stereocenters. The van der Waals surface area contributed by atoms with Gasteiger partial charge in [-0.1, -0.05) is 19.9 Å². The fraction of sp³-hybridized carbons (Fsp3) is 0.500. The third-order valence-electron chi connectivity index (χ3n) is 4.42. The van der Waals surface area contributed by atoms with E-state index in [1.54, 1.807) is 6.92 Å². The average molecular weight is 328 g/mol. The maximum Gasteiger partial charge on any atom is 0.272 e. The number of imidazole rings is 1. The van der Waals surface area contributed by atoms with Crippen molar-refractivity contribution in [1.82, 2.24) is 19.6 Å². The molecule has 1 N–H and O–H groups in total. The number of fused-ring (bicyclic) bond motifs is 1. The minimum Gasteiger partial charge on any atom is -0.350 e. The van der Waals surface area contributed by atoms with Crippen molar-refractivity contribution in [2.24, 2.45) is 5.92 Å². The van der Waals surface area contributed by atoms with Crippen LogP contribution in [-0.4, -0.2) is 39.2 Å². The smallest absolute Gasteiger partial charge is 0.272 e. The Balaban J connectivity index is 2.00. The van der Waals surface area contributed by atoms with Crippen LogP contribution in [0.2, 0.25) is 0 Å². The number of pyridine rings is 1. The van der Waals surface area contributed by atoms with Gasteiger partial charge in [-0.3, -0.25) is 9.59 Å². The maximum atomic E-state index is 12.5. The van der Waals surface area contributed by atoms with Crippen molar-refractivity contribution in [2.45, 2.75) is 39.7 Å². The summed E-state index contributed by atoms with van der Waals surface area (Å²) in [5.41, 5.74) is 1.21. The van der Waals surface area contributed by atoms with Crippen LogP contribution in [0.1, 0.15) is 56.0 Å². The van der Waals surface area contributed by atoms with E-state index in [0.717, 1.165) is 30.7 Å². The number of carbonyl (C=O) groups is 2. The van der Waals surface area contributed by atoms with Gasteiger partial charge in [0.25, 0.3) is 5.91 Å². The summed E-state index contributed by atoms with van der Waals surface area (Å²) in [5.74, 6) is 1.04. The first-order chi connectivity index (χ1) is 11.5. The Morgan fingerprint density at radius 2 is 2.17 bits per heavy atom. The highest BCUT2D eigenvalue weighted by molar-refractivity contribution is 5.99. The minimum absolute atomic E-state index is 0.0518. The van der Waals surface area contributed by atoms with E-state index in [0.29, 0.717) is 18.2 Å². The lowest BCUT2D eigenvalue weighted by Gasteiger charge is -2.22. The SMILES string of the molecule is CC(=O)N1CCCC1c1nc(C(=O)NCC(C)C)c2ccccn12. The van der Waals surface area contributed by atoms with E-state index in [-0.39, 0.29) is 17.9 Å². The van der Waals surface area contributed by atoms with Gasteiger partial charge in [0.2, 0.25) is 5.91 Å². The molecule has 3 rings (SSSR count). The average Bonchev–Trinajstić information content (AvgIpc) is 3.16. The Bertz CT molecular complexity index is 765. The predicted molar refractivity (Wildman–Crippen MR) is 91.7 cm³/mol. The minimum atomic E-state index is -0.161. The Hall–Kier alpha value is -2.37. The van der Waals surface area contributed by atoms with Crippen molar-refractivity contribution >= 4 is 17.3 Å². The largest absolute Gasteiger partial charge is 0.350 e. The fourth-order valence-corrected chi connectivity index (χ4v) is 3.26. The molecule has 0 aromatic carbocycles. The molecule has 0 saturated carbocycles. The summed E-state index contributed by atoms with van der Waals surface area (Å²) in [4.78, 5) is 30.9. The lowest BCUT2D eigenvalue weighted by molar-refractivity contribution is -0.129. The Morgan fingerprint density at radius 3 is 2.88 bits per heavy atom. The molecule has 128 valence electrons. The molecule has 1 atom stereocenters. The van der Waals surface area contributed by atoms with Gasteiger partial charge in [-0.25, -0.2) is 4.98 Å². The van der Waals surface area contributed by atoms with Gasteiger partial charge < -0.3 is 14.6 Å². The van der Waals surface area contributed by atoms with Crippen molar-refractivity contribution in [1.29, 1.82) is 0 Å². The van der Waals surface area contributed by atoms with Crippen LogP contribution in [0.15, 0.2) is 24.4 Å². The second kappa shape index (κ2) is 6.63. The van der Waals surface area contributed by atoms with Crippen LogP contribution in [0.5, 0.6) is 0 Å². The summed E-state index contributed by atoms with van der Waals surface area (Å²) >= 11 is 0. The highest BCUT2D eigenvalue weighted by Gasteiger charge is 2.32. The molecule has 1 aliphatic heterocycles. The zero-order valence-electron chi connectivity index (χ0n) is 14.5. The molecular weight excluding hydrogens is 304 g/mol. The number of amides is 2. The molecule has 1 fully saturated rings. The van der Waals surface area contributed by atoms with E-state index >= 15 is 0 Å². The van der Waals surface area contributed by atoms with Crippen molar-refractivity contribution in [3.05, 3.63) is 35.9 Å². The molecule has 1 saturated heterocycles. The van der Waals surface area contributed by atoms with Gasteiger partial charge in [-0.05, 0) is 30.9 Å². The molecule has 2 amide bonds. The number of aromatic nitrogens is 2.